The molecule has 1 aliphatic heterocycles. The van der Waals surface area contributed by atoms with Crippen molar-refractivity contribution in [1.29, 1.82) is 0 Å². The molecule has 0 aliphatic carbocycles. The number of benzene rings is 1. The summed E-state index contributed by atoms with van der Waals surface area (Å²) in [4.78, 5) is 25.1. The van der Waals surface area contributed by atoms with Crippen LogP contribution >= 0.6 is 0 Å². The van der Waals surface area contributed by atoms with Gasteiger partial charge in [0.2, 0.25) is 6.79 Å². The van der Waals surface area contributed by atoms with Crippen LogP contribution in [0.1, 0.15) is 27.2 Å². The summed E-state index contributed by atoms with van der Waals surface area (Å²) in [6.07, 6.45) is 1.08. The summed E-state index contributed by atoms with van der Waals surface area (Å²) < 4.78 is 15.8. The number of ether oxygens (including phenoxy) is 2. The van der Waals surface area contributed by atoms with Gasteiger partial charge in [0.1, 0.15) is 12.2 Å². The standard InChI is InChI=1S/C17H17NO6/c1-10-8-22-14(6-15(19)20)16(10)17(21)18(2)7-11-3-4-12-13(5-11)24-9-23-12/h3-5,8H,6-7,9H2,1-2H3,(H,19,20). The number of hydrogen-bond acceptors (Lipinski definition) is 5. The van der Waals surface area contributed by atoms with Crippen LogP contribution in [0.4, 0.5) is 0 Å². The van der Waals surface area contributed by atoms with Crippen LogP contribution in [-0.4, -0.2) is 35.7 Å². The van der Waals surface area contributed by atoms with E-state index >= 15 is 0 Å². The second-order valence-corrected chi connectivity index (χ2v) is 5.64. The summed E-state index contributed by atoms with van der Waals surface area (Å²) in [6, 6.07) is 5.49. The third-order valence-electron chi connectivity index (χ3n) is 3.78. The lowest BCUT2D eigenvalue weighted by molar-refractivity contribution is -0.136. The van der Waals surface area contributed by atoms with E-state index in [0.717, 1.165) is 5.56 Å². The van der Waals surface area contributed by atoms with Crippen molar-refractivity contribution in [2.75, 3.05) is 13.8 Å². The van der Waals surface area contributed by atoms with E-state index in [-0.39, 0.29) is 24.9 Å². The predicted octanol–water partition coefficient (Wildman–Crippen LogP) is 2.22. The van der Waals surface area contributed by atoms with Crippen molar-refractivity contribution in [2.45, 2.75) is 19.9 Å². The first-order valence-electron chi connectivity index (χ1n) is 7.38. The van der Waals surface area contributed by atoms with E-state index in [1.165, 1.54) is 11.2 Å². The van der Waals surface area contributed by atoms with Crippen LogP contribution in [-0.2, 0) is 17.8 Å². The van der Waals surface area contributed by atoms with Crippen LogP contribution in [0.2, 0.25) is 0 Å². The molecule has 0 unspecified atom stereocenters. The molecule has 0 saturated heterocycles. The van der Waals surface area contributed by atoms with E-state index in [1.54, 1.807) is 20.0 Å². The number of hydrogen-bond donors (Lipinski definition) is 1. The van der Waals surface area contributed by atoms with Crippen LogP contribution in [0.15, 0.2) is 28.9 Å². The normalized spacial score (nSPS) is 12.2. The van der Waals surface area contributed by atoms with Crippen LogP contribution in [0.5, 0.6) is 11.5 Å². The zero-order valence-electron chi connectivity index (χ0n) is 13.4. The Morgan fingerprint density at radius 2 is 2.00 bits per heavy atom. The molecule has 1 amide bonds. The van der Waals surface area contributed by atoms with Gasteiger partial charge < -0.3 is 23.9 Å². The first-order chi connectivity index (χ1) is 11.5. The minimum absolute atomic E-state index is 0.169. The Hall–Kier alpha value is -2.96. The molecular weight excluding hydrogens is 314 g/mol. The molecule has 0 radical (unpaired) electrons. The molecule has 1 aromatic heterocycles. The number of rotatable bonds is 5. The number of nitrogens with zero attached hydrogens (tertiary/aromatic N) is 1. The van der Waals surface area contributed by atoms with Crippen LogP contribution < -0.4 is 9.47 Å². The number of aryl methyl sites for hydroxylation is 1. The molecule has 1 aliphatic rings. The SMILES string of the molecule is Cc1coc(CC(=O)O)c1C(=O)N(C)Cc1ccc2c(c1)OCO2. The lowest BCUT2D eigenvalue weighted by atomic mass is 10.1. The van der Waals surface area contributed by atoms with Crippen molar-refractivity contribution in [2.24, 2.45) is 0 Å². The van der Waals surface area contributed by atoms with E-state index in [1.807, 2.05) is 12.1 Å². The van der Waals surface area contributed by atoms with Gasteiger partial charge in [0.15, 0.2) is 11.5 Å². The lowest BCUT2D eigenvalue weighted by Crippen LogP contribution is -2.27. The van der Waals surface area contributed by atoms with E-state index in [2.05, 4.69) is 0 Å². The Labute approximate surface area is 138 Å². The van der Waals surface area contributed by atoms with Gasteiger partial charge in [0.05, 0.1) is 11.8 Å². The molecule has 7 heteroatoms. The van der Waals surface area contributed by atoms with E-state index in [9.17, 15) is 9.59 Å². The summed E-state index contributed by atoms with van der Waals surface area (Å²) in [5.74, 6) is 0.177. The van der Waals surface area contributed by atoms with Gasteiger partial charge in [-0.25, -0.2) is 0 Å². The zero-order chi connectivity index (χ0) is 17.3. The number of carbonyl (C=O) groups excluding carboxylic acids is 1. The third-order valence-corrected chi connectivity index (χ3v) is 3.78. The minimum atomic E-state index is -1.04. The van der Waals surface area contributed by atoms with Gasteiger partial charge in [-0.2, -0.15) is 0 Å². The zero-order valence-corrected chi connectivity index (χ0v) is 13.4. The molecule has 0 bridgehead atoms. The Morgan fingerprint density at radius 1 is 1.25 bits per heavy atom. The summed E-state index contributed by atoms with van der Waals surface area (Å²) >= 11 is 0. The molecule has 2 heterocycles. The summed E-state index contributed by atoms with van der Waals surface area (Å²) in [7, 11) is 1.66. The van der Waals surface area contributed by atoms with E-state index in [4.69, 9.17) is 19.0 Å². The van der Waals surface area contributed by atoms with Crippen molar-refractivity contribution >= 4 is 11.9 Å². The van der Waals surface area contributed by atoms with Gasteiger partial charge in [0, 0.05) is 19.2 Å². The maximum Gasteiger partial charge on any atom is 0.311 e. The molecule has 0 fully saturated rings. The number of carbonyl (C=O) groups is 2. The highest BCUT2D eigenvalue weighted by Crippen LogP contribution is 2.33. The monoisotopic (exact) mass is 331 g/mol. The third kappa shape index (κ3) is 3.05. The first kappa shape index (κ1) is 15.9. The highest BCUT2D eigenvalue weighted by atomic mass is 16.7. The average molecular weight is 331 g/mol. The Bertz CT molecular complexity index is 794. The second-order valence-electron chi connectivity index (χ2n) is 5.64. The van der Waals surface area contributed by atoms with Crippen molar-refractivity contribution < 1.29 is 28.6 Å². The fourth-order valence-electron chi connectivity index (χ4n) is 2.63. The number of carboxylic acid groups (broad SMARTS) is 1. The maximum absolute atomic E-state index is 12.7. The number of fused-ring (bicyclic) bond motifs is 1. The van der Waals surface area contributed by atoms with Crippen molar-refractivity contribution in [3.63, 3.8) is 0 Å². The van der Waals surface area contributed by atoms with Crippen LogP contribution in [0, 0.1) is 6.92 Å². The van der Waals surface area contributed by atoms with Gasteiger partial charge in [-0.05, 0) is 24.6 Å². The molecule has 7 nitrogen and oxygen atoms in total. The van der Waals surface area contributed by atoms with Crippen molar-refractivity contribution in [3.8, 4) is 11.5 Å². The second kappa shape index (κ2) is 6.27. The molecule has 0 spiro atoms. The van der Waals surface area contributed by atoms with Gasteiger partial charge >= 0.3 is 5.97 Å². The molecule has 1 aromatic carbocycles. The maximum atomic E-state index is 12.7. The Balaban J connectivity index is 1.78. The molecule has 1 N–H and O–H groups in total. The van der Waals surface area contributed by atoms with E-state index < -0.39 is 5.97 Å². The first-order valence-corrected chi connectivity index (χ1v) is 7.38. The molecule has 3 rings (SSSR count). The molecule has 0 atom stereocenters. The Kier molecular flexibility index (Phi) is 4.16. The minimum Gasteiger partial charge on any atom is -0.481 e. The predicted molar refractivity (Wildman–Crippen MR) is 83.1 cm³/mol. The molecule has 24 heavy (non-hydrogen) atoms. The average Bonchev–Trinajstić information content (AvgIpc) is 3.12. The fourth-order valence-corrected chi connectivity index (χ4v) is 2.63. The highest BCUT2D eigenvalue weighted by molar-refractivity contribution is 5.97. The van der Waals surface area contributed by atoms with Gasteiger partial charge in [-0.1, -0.05) is 6.07 Å². The van der Waals surface area contributed by atoms with E-state index in [0.29, 0.717) is 29.2 Å². The van der Waals surface area contributed by atoms with Gasteiger partial charge in [0.25, 0.3) is 5.91 Å². The number of carboxylic acids is 1. The molecular formula is C17H17NO6. The lowest BCUT2D eigenvalue weighted by Gasteiger charge is -2.18. The van der Waals surface area contributed by atoms with Gasteiger partial charge in [-0.15, -0.1) is 0 Å². The number of aliphatic carboxylic acids is 1. The largest absolute Gasteiger partial charge is 0.481 e. The topological polar surface area (TPSA) is 89.2 Å². The quantitative estimate of drug-likeness (QED) is 0.903. The van der Waals surface area contributed by atoms with Crippen LogP contribution in [0.25, 0.3) is 0 Å². The Morgan fingerprint density at radius 3 is 2.75 bits per heavy atom. The van der Waals surface area contributed by atoms with Gasteiger partial charge in [-0.3, -0.25) is 9.59 Å². The molecule has 126 valence electrons. The van der Waals surface area contributed by atoms with Crippen LogP contribution in [0.3, 0.4) is 0 Å². The summed E-state index contributed by atoms with van der Waals surface area (Å²) in [5, 5.41) is 8.94. The summed E-state index contributed by atoms with van der Waals surface area (Å²) in [5.41, 5.74) is 1.81. The fraction of sp³-hybridized carbons (Fsp3) is 0.294. The van der Waals surface area contributed by atoms with Crippen molar-refractivity contribution in [3.05, 3.63) is 46.9 Å². The van der Waals surface area contributed by atoms with Crippen molar-refractivity contribution in [1.82, 2.24) is 4.90 Å². The highest BCUT2D eigenvalue weighted by Gasteiger charge is 2.24. The molecule has 0 saturated carbocycles. The number of furan rings is 1. The smallest absolute Gasteiger partial charge is 0.311 e. The number of amides is 1. The summed E-state index contributed by atoms with van der Waals surface area (Å²) in [6.45, 7) is 2.27. The molecule has 2 aromatic rings.